The molecule has 2 rings (SSSR count). The third kappa shape index (κ3) is 4.83. The van der Waals surface area contributed by atoms with Crippen molar-refractivity contribution in [2.24, 2.45) is 0 Å². The van der Waals surface area contributed by atoms with Gasteiger partial charge in [0.25, 0.3) is 0 Å². The van der Waals surface area contributed by atoms with Crippen LogP contribution in [-0.4, -0.2) is 12.6 Å². The molecular weight excluding hydrogens is 358 g/mol. The predicted octanol–water partition coefficient (Wildman–Crippen LogP) is 4.96. The number of rotatable bonds is 6. The van der Waals surface area contributed by atoms with Crippen LogP contribution >= 0.6 is 15.9 Å². The summed E-state index contributed by atoms with van der Waals surface area (Å²) < 4.78 is 11.7. The maximum Gasteiger partial charge on any atom is 0.349 e. The second-order valence-corrected chi connectivity index (χ2v) is 5.78. The highest BCUT2D eigenvalue weighted by Crippen LogP contribution is 2.25. The first-order valence-corrected chi connectivity index (χ1v) is 8.08. The molecule has 0 aliphatic rings. The lowest BCUT2D eigenvalue weighted by atomic mass is 10.2. The van der Waals surface area contributed by atoms with Crippen LogP contribution in [0.2, 0.25) is 0 Å². The Kier molecular flexibility index (Phi) is 6.19. The lowest BCUT2D eigenvalue weighted by molar-refractivity contribution is -0.138. The Hall–Kier alpha value is -2.32. The van der Waals surface area contributed by atoms with Gasteiger partial charge in [-0.1, -0.05) is 41.4 Å². The van der Waals surface area contributed by atoms with Crippen LogP contribution in [0.3, 0.4) is 0 Å². The van der Waals surface area contributed by atoms with Gasteiger partial charge in [0.05, 0.1) is 6.61 Å². The second kappa shape index (κ2) is 8.35. The van der Waals surface area contributed by atoms with E-state index in [0.717, 1.165) is 22.9 Å². The van der Waals surface area contributed by atoms with E-state index in [1.54, 1.807) is 12.1 Å². The molecule has 0 bridgehead atoms. The molecule has 5 heteroatoms. The molecule has 2 aromatic rings. The van der Waals surface area contributed by atoms with Crippen molar-refractivity contribution in [2.45, 2.75) is 19.8 Å². The van der Waals surface area contributed by atoms with Gasteiger partial charge < -0.3 is 9.15 Å². The molecule has 0 radical (unpaired) electrons. The maximum atomic E-state index is 11.8. The number of nitriles is 1. The molecule has 1 aromatic carbocycles. The summed E-state index contributed by atoms with van der Waals surface area (Å²) >= 11 is 3.38. The molecule has 118 valence electrons. The van der Waals surface area contributed by atoms with E-state index in [4.69, 9.17) is 14.4 Å². The summed E-state index contributed by atoms with van der Waals surface area (Å²) in [6, 6.07) is 13.0. The number of furan rings is 1. The Bertz CT molecular complexity index is 738. The molecule has 0 aliphatic carbocycles. The number of nitrogens with zero attached hydrogens (tertiary/aromatic N) is 1. The molecular formula is C18H16BrNO3. The van der Waals surface area contributed by atoms with Crippen LogP contribution in [0, 0.1) is 11.3 Å². The van der Waals surface area contributed by atoms with E-state index in [1.807, 2.05) is 37.3 Å². The van der Waals surface area contributed by atoms with Gasteiger partial charge in [-0.3, -0.25) is 0 Å². The molecule has 1 heterocycles. The first-order chi connectivity index (χ1) is 11.1. The number of unbranched alkanes of at least 4 members (excludes halogenated alkanes) is 1. The number of carbonyl (C=O) groups excluding carboxylic acids is 1. The molecule has 0 amide bonds. The van der Waals surface area contributed by atoms with Crippen molar-refractivity contribution in [3.63, 3.8) is 0 Å². The van der Waals surface area contributed by atoms with Crippen molar-refractivity contribution in [1.29, 1.82) is 5.26 Å². The summed E-state index contributed by atoms with van der Waals surface area (Å²) in [6.45, 7) is 2.32. The zero-order valence-electron chi connectivity index (χ0n) is 12.7. The number of esters is 1. The van der Waals surface area contributed by atoms with Gasteiger partial charge in [0.15, 0.2) is 0 Å². The highest BCUT2D eigenvalue weighted by atomic mass is 79.9. The molecule has 0 fully saturated rings. The van der Waals surface area contributed by atoms with Gasteiger partial charge in [0.2, 0.25) is 0 Å². The van der Waals surface area contributed by atoms with Crippen LogP contribution < -0.4 is 0 Å². The minimum Gasteiger partial charge on any atom is -0.462 e. The van der Waals surface area contributed by atoms with Crippen molar-refractivity contribution in [3.8, 4) is 17.4 Å². The fourth-order valence-corrected chi connectivity index (χ4v) is 2.13. The van der Waals surface area contributed by atoms with Crippen LogP contribution in [0.25, 0.3) is 17.4 Å². The molecule has 23 heavy (non-hydrogen) atoms. The van der Waals surface area contributed by atoms with E-state index in [-0.39, 0.29) is 5.57 Å². The van der Waals surface area contributed by atoms with Crippen molar-refractivity contribution in [1.82, 2.24) is 0 Å². The second-order valence-electron chi connectivity index (χ2n) is 4.87. The molecule has 0 saturated carbocycles. The molecule has 0 atom stereocenters. The molecule has 1 aromatic heterocycles. The van der Waals surface area contributed by atoms with Crippen molar-refractivity contribution in [3.05, 3.63) is 52.2 Å². The van der Waals surface area contributed by atoms with Gasteiger partial charge in [0, 0.05) is 16.1 Å². The number of benzene rings is 1. The van der Waals surface area contributed by atoms with Gasteiger partial charge in [-0.15, -0.1) is 0 Å². The smallest absolute Gasteiger partial charge is 0.349 e. The Labute approximate surface area is 143 Å². The van der Waals surface area contributed by atoms with Gasteiger partial charge >= 0.3 is 5.97 Å². The van der Waals surface area contributed by atoms with Crippen LogP contribution in [0.4, 0.5) is 0 Å². The average molecular weight is 374 g/mol. The van der Waals surface area contributed by atoms with Gasteiger partial charge in [-0.05, 0) is 30.7 Å². The van der Waals surface area contributed by atoms with E-state index < -0.39 is 5.97 Å². The topological polar surface area (TPSA) is 63.2 Å². The molecule has 0 saturated heterocycles. The highest BCUT2D eigenvalue weighted by molar-refractivity contribution is 9.10. The summed E-state index contributed by atoms with van der Waals surface area (Å²) in [5.41, 5.74) is 0.842. The Morgan fingerprint density at radius 2 is 2.04 bits per heavy atom. The fraction of sp³-hybridized carbons (Fsp3) is 0.222. The Morgan fingerprint density at radius 1 is 1.30 bits per heavy atom. The standard InChI is InChI=1S/C18H16BrNO3/c1-2-3-10-22-18(21)14(12-20)11-16-8-9-17(23-16)13-4-6-15(19)7-5-13/h4-9,11H,2-3,10H2,1H3. The summed E-state index contributed by atoms with van der Waals surface area (Å²) in [4.78, 5) is 11.8. The minimum absolute atomic E-state index is 0.0715. The van der Waals surface area contributed by atoms with Crippen LogP contribution in [0.1, 0.15) is 25.5 Å². The molecule has 4 nitrogen and oxygen atoms in total. The third-order valence-electron chi connectivity index (χ3n) is 3.11. The van der Waals surface area contributed by atoms with E-state index in [1.165, 1.54) is 6.08 Å². The zero-order chi connectivity index (χ0) is 16.7. The molecule has 0 N–H and O–H groups in total. The predicted molar refractivity (Wildman–Crippen MR) is 91.3 cm³/mol. The zero-order valence-corrected chi connectivity index (χ0v) is 14.3. The first-order valence-electron chi connectivity index (χ1n) is 7.28. The van der Waals surface area contributed by atoms with Gasteiger partial charge in [-0.2, -0.15) is 5.26 Å². The monoisotopic (exact) mass is 373 g/mol. The maximum absolute atomic E-state index is 11.8. The SMILES string of the molecule is CCCCOC(=O)C(C#N)=Cc1ccc(-c2ccc(Br)cc2)o1. The van der Waals surface area contributed by atoms with E-state index in [2.05, 4.69) is 15.9 Å². The number of carbonyl (C=O) groups is 1. The number of hydrogen-bond donors (Lipinski definition) is 0. The average Bonchev–Trinajstić information content (AvgIpc) is 3.02. The van der Waals surface area contributed by atoms with Crippen molar-refractivity contribution in [2.75, 3.05) is 6.61 Å². The lowest BCUT2D eigenvalue weighted by Gasteiger charge is -2.01. The summed E-state index contributed by atoms with van der Waals surface area (Å²) in [6.07, 6.45) is 3.10. The Balaban J connectivity index is 2.13. The summed E-state index contributed by atoms with van der Waals surface area (Å²) in [5, 5.41) is 9.10. The van der Waals surface area contributed by atoms with Crippen LogP contribution in [0.5, 0.6) is 0 Å². The number of hydrogen-bond acceptors (Lipinski definition) is 4. The molecule has 0 unspecified atom stereocenters. The number of ether oxygens (including phenoxy) is 1. The summed E-state index contributed by atoms with van der Waals surface area (Å²) in [5.74, 6) is 0.481. The van der Waals surface area contributed by atoms with Crippen LogP contribution in [-0.2, 0) is 9.53 Å². The lowest BCUT2D eigenvalue weighted by Crippen LogP contribution is -2.07. The van der Waals surface area contributed by atoms with E-state index in [0.29, 0.717) is 18.1 Å². The third-order valence-corrected chi connectivity index (χ3v) is 3.64. The molecule has 0 spiro atoms. The van der Waals surface area contributed by atoms with Crippen LogP contribution in [0.15, 0.2) is 50.9 Å². The largest absolute Gasteiger partial charge is 0.462 e. The van der Waals surface area contributed by atoms with Gasteiger partial charge in [0.1, 0.15) is 23.2 Å². The highest BCUT2D eigenvalue weighted by Gasteiger charge is 2.12. The van der Waals surface area contributed by atoms with Gasteiger partial charge in [-0.25, -0.2) is 4.79 Å². The quantitative estimate of drug-likeness (QED) is 0.310. The molecule has 0 aliphatic heterocycles. The van der Waals surface area contributed by atoms with Crippen molar-refractivity contribution < 1.29 is 13.9 Å². The normalized spacial score (nSPS) is 11.1. The fourth-order valence-electron chi connectivity index (χ4n) is 1.87. The number of halogens is 1. The summed E-state index contributed by atoms with van der Waals surface area (Å²) in [7, 11) is 0. The van der Waals surface area contributed by atoms with E-state index in [9.17, 15) is 4.79 Å². The Morgan fingerprint density at radius 3 is 2.70 bits per heavy atom. The first kappa shape index (κ1) is 17.0. The minimum atomic E-state index is -0.623. The van der Waals surface area contributed by atoms with E-state index >= 15 is 0 Å². The van der Waals surface area contributed by atoms with Crippen molar-refractivity contribution >= 4 is 28.0 Å².